The van der Waals surface area contributed by atoms with Crippen LogP contribution in [0.3, 0.4) is 0 Å². The number of anilines is 1. The lowest BCUT2D eigenvalue weighted by Gasteiger charge is -2.33. The van der Waals surface area contributed by atoms with Gasteiger partial charge < -0.3 is 14.8 Å². The first-order chi connectivity index (χ1) is 14.5. The van der Waals surface area contributed by atoms with E-state index in [1.807, 2.05) is 31.3 Å². The molecule has 7 nitrogen and oxygen atoms in total. The Bertz CT molecular complexity index is 999. The van der Waals surface area contributed by atoms with E-state index >= 15 is 0 Å². The molecule has 1 aromatic carbocycles. The Labute approximate surface area is 177 Å². The Kier molecular flexibility index (Phi) is 5.97. The van der Waals surface area contributed by atoms with Crippen LogP contribution in [0, 0.1) is 11.8 Å². The maximum Gasteiger partial charge on any atom is 0.225 e. The summed E-state index contributed by atoms with van der Waals surface area (Å²) in [4.78, 5) is 28.9. The third-order valence-electron chi connectivity index (χ3n) is 5.78. The first kappa shape index (κ1) is 20.3. The smallest absolute Gasteiger partial charge is 0.225 e. The summed E-state index contributed by atoms with van der Waals surface area (Å²) in [5.74, 6) is 2.07. The van der Waals surface area contributed by atoms with Crippen LogP contribution in [0.2, 0.25) is 0 Å². The molecule has 0 saturated carbocycles. The van der Waals surface area contributed by atoms with E-state index in [0.29, 0.717) is 18.4 Å². The number of amides is 1. The van der Waals surface area contributed by atoms with Gasteiger partial charge in [-0.25, -0.2) is 15.0 Å². The summed E-state index contributed by atoms with van der Waals surface area (Å²) in [6, 6.07) is 9.80. The van der Waals surface area contributed by atoms with E-state index in [1.165, 1.54) is 0 Å². The standard InChI is InChI=1S/C23H30N6O/c1-16(2)14-19(21-26-18-9-4-5-10-20(18)28(21)3)27-22(30)17-8-6-13-29(15-17)23-24-11-7-12-25-23/h4-5,7,9-12,16-17,19H,6,8,13-15H2,1-3H3,(H,27,30). The van der Waals surface area contributed by atoms with Crippen molar-refractivity contribution in [1.29, 1.82) is 0 Å². The van der Waals surface area contributed by atoms with Crippen molar-refractivity contribution < 1.29 is 4.79 Å². The zero-order valence-electron chi connectivity index (χ0n) is 18.0. The molecule has 0 radical (unpaired) electrons. The molecule has 3 aromatic rings. The Balaban J connectivity index is 1.52. The van der Waals surface area contributed by atoms with E-state index in [4.69, 9.17) is 4.98 Å². The van der Waals surface area contributed by atoms with Gasteiger partial charge in [0.1, 0.15) is 5.82 Å². The molecular formula is C23H30N6O. The second-order valence-corrected chi connectivity index (χ2v) is 8.54. The van der Waals surface area contributed by atoms with Gasteiger partial charge in [-0.3, -0.25) is 4.79 Å². The van der Waals surface area contributed by atoms with E-state index in [9.17, 15) is 4.79 Å². The van der Waals surface area contributed by atoms with Gasteiger partial charge in [0.25, 0.3) is 0 Å². The predicted molar refractivity (Wildman–Crippen MR) is 118 cm³/mol. The summed E-state index contributed by atoms with van der Waals surface area (Å²) >= 11 is 0. The number of aryl methyl sites for hydroxylation is 1. The molecule has 1 fully saturated rings. The van der Waals surface area contributed by atoms with Gasteiger partial charge in [-0.2, -0.15) is 0 Å². The van der Waals surface area contributed by atoms with Crippen LogP contribution in [0.25, 0.3) is 11.0 Å². The SMILES string of the molecule is CC(C)CC(NC(=O)C1CCCN(c2ncccn2)C1)c1nc2ccccc2n1C. The molecular weight excluding hydrogens is 376 g/mol. The largest absolute Gasteiger partial charge is 0.346 e. The number of imidazole rings is 1. The zero-order valence-corrected chi connectivity index (χ0v) is 18.0. The summed E-state index contributed by atoms with van der Waals surface area (Å²) in [7, 11) is 2.03. The number of para-hydroxylation sites is 2. The first-order valence-corrected chi connectivity index (χ1v) is 10.8. The second kappa shape index (κ2) is 8.81. The summed E-state index contributed by atoms with van der Waals surface area (Å²) in [5, 5.41) is 3.32. The fourth-order valence-corrected chi connectivity index (χ4v) is 4.29. The highest BCUT2D eigenvalue weighted by Gasteiger charge is 2.30. The number of fused-ring (bicyclic) bond motifs is 1. The number of benzene rings is 1. The van der Waals surface area contributed by atoms with Crippen molar-refractivity contribution in [2.45, 2.75) is 39.2 Å². The molecule has 2 atom stereocenters. The first-order valence-electron chi connectivity index (χ1n) is 10.8. The van der Waals surface area contributed by atoms with E-state index in [2.05, 4.69) is 44.7 Å². The molecule has 1 amide bonds. The van der Waals surface area contributed by atoms with Gasteiger partial charge in [0.2, 0.25) is 11.9 Å². The molecule has 2 unspecified atom stereocenters. The van der Waals surface area contributed by atoms with Gasteiger partial charge in [-0.1, -0.05) is 26.0 Å². The zero-order chi connectivity index (χ0) is 21.1. The van der Waals surface area contributed by atoms with Crippen LogP contribution < -0.4 is 10.2 Å². The van der Waals surface area contributed by atoms with Crippen LogP contribution in [0.5, 0.6) is 0 Å². The summed E-state index contributed by atoms with van der Waals surface area (Å²) in [6.07, 6.45) is 6.18. The highest BCUT2D eigenvalue weighted by atomic mass is 16.2. The number of hydrogen-bond donors (Lipinski definition) is 1. The average Bonchev–Trinajstić information content (AvgIpc) is 3.10. The third-order valence-corrected chi connectivity index (χ3v) is 5.78. The number of aromatic nitrogens is 4. The van der Waals surface area contributed by atoms with Crippen molar-refractivity contribution in [3.8, 4) is 0 Å². The van der Waals surface area contributed by atoms with Crippen LogP contribution in [-0.2, 0) is 11.8 Å². The lowest BCUT2D eigenvalue weighted by molar-refractivity contribution is -0.126. The van der Waals surface area contributed by atoms with Gasteiger partial charge in [-0.05, 0) is 43.4 Å². The monoisotopic (exact) mass is 406 g/mol. The molecule has 0 bridgehead atoms. The van der Waals surface area contributed by atoms with Crippen LogP contribution in [0.1, 0.15) is 45.0 Å². The Hall–Kier alpha value is -2.96. The summed E-state index contributed by atoms with van der Waals surface area (Å²) < 4.78 is 2.10. The minimum Gasteiger partial charge on any atom is -0.346 e. The number of piperidine rings is 1. The molecule has 1 aliphatic heterocycles. The molecule has 0 aliphatic carbocycles. The topological polar surface area (TPSA) is 75.9 Å². The van der Waals surface area contributed by atoms with Crippen molar-refractivity contribution in [3.63, 3.8) is 0 Å². The van der Waals surface area contributed by atoms with Crippen LogP contribution in [0.15, 0.2) is 42.7 Å². The molecule has 2 aromatic heterocycles. The summed E-state index contributed by atoms with van der Waals surface area (Å²) in [5.41, 5.74) is 2.05. The van der Waals surface area contributed by atoms with Gasteiger partial charge in [0, 0.05) is 32.5 Å². The number of nitrogens with one attached hydrogen (secondary N) is 1. The number of hydrogen-bond acceptors (Lipinski definition) is 5. The fourth-order valence-electron chi connectivity index (χ4n) is 4.29. The molecule has 30 heavy (non-hydrogen) atoms. The van der Waals surface area contributed by atoms with Crippen molar-refractivity contribution in [2.24, 2.45) is 18.9 Å². The molecule has 3 heterocycles. The number of nitrogens with zero attached hydrogens (tertiary/aromatic N) is 5. The molecule has 1 aliphatic rings. The minimum absolute atomic E-state index is 0.0769. The lowest BCUT2D eigenvalue weighted by Crippen LogP contribution is -2.45. The van der Waals surface area contributed by atoms with E-state index in [-0.39, 0.29) is 17.9 Å². The highest BCUT2D eigenvalue weighted by Crippen LogP contribution is 2.26. The van der Waals surface area contributed by atoms with Gasteiger partial charge in [-0.15, -0.1) is 0 Å². The van der Waals surface area contributed by atoms with Crippen LogP contribution in [-0.4, -0.2) is 38.5 Å². The van der Waals surface area contributed by atoms with E-state index in [0.717, 1.165) is 42.7 Å². The maximum atomic E-state index is 13.3. The Morgan fingerprint density at radius 3 is 2.70 bits per heavy atom. The average molecular weight is 407 g/mol. The van der Waals surface area contributed by atoms with Gasteiger partial charge in [0.05, 0.1) is 23.0 Å². The van der Waals surface area contributed by atoms with Gasteiger partial charge in [0.15, 0.2) is 0 Å². The number of carbonyl (C=O) groups is 1. The second-order valence-electron chi connectivity index (χ2n) is 8.54. The minimum atomic E-state index is -0.113. The normalized spacial score (nSPS) is 18.0. The fraction of sp³-hybridized carbons (Fsp3) is 0.478. The van der Waals surface area contributed by atoms with Crippen LogP contribution in [0.4, 0.5) is 5.95 Å². The highest BCUT2D eigenvalue weighted by molar-refractivity contribution is 5.80. The predicted octanol–water partition coefficient (Wildman–Crippen LogP) is 3.48. The molecule has 1 N–H and O–H groups in total. The quantitative estimate of drug-likeness (QED) is 0.678. The Morgan fingerprint density at radius 2 is 1.97 bits per heavy atom. The van der Waals surface area contributed by atoms with E-state index in [1.54, 1.807) is 12.4 Å². The number of carbonyl (C=O) groups excluding carboxylic acids is 1. The van der Waals surface area contributed by atoms with E-state index < -0.39 is 0 Å². The van der Waals surface area contributed by atoms with Crippen molar-refractivity contribution in [1.82, 2.24) is 24.8 Å². The molecule has 7 heteroatoms. The van der Waals surface area contributed by atoms with Crippen molar-refractivity contribution in [2.75, 3.05) is 18.0 Å². The van der Waals surface area contributed by atoms with Crippen molar-refractivity contribution >= 4 is 22.9 Å². The summed E-state index contributed by atoms with van der Waals surface area (Å²) in [6.45, 7) is 5.88. The van der Waals surface area contributed by atoms with Gasteiger partial charge >= 0.3 is 0 Å². The maximum absolute atomic E-state index is 13.3. The third kappa shape index (κ3) is 4.30. The Morgan fingerprint density at radius 1 is 1.20 bits per heavy atom. The molecule has 158 valence electrons. The van der Waals surface area contributed by atoms with Crippen LogP contribution >= 0.6 is 0 Å². The molecule has 0 spiro atoms. The van der Waals surface area contributed by atoms with Crippen molar-refractivity contribution in [3.05, 3.63) is 48.5 Å². The number of rotatable bonds is 6. The molecule has 1 saturated heterocycles. The molecule has 4 rings (SSSR count). The lowest BCUT2D eigenvalue weighted by atomic mass is 9.96.